The molecule has 0 fully saturated rings. The van der Waals surface area contributed by atoms with E-state index in [2.05, 4.69) is 5.32 Å². The monoisotopic (exact) mass is 581 g/mol. The summed E-state index contributed by atoms with van der Waals surface area (Å²) in [5.74, 6) is -2.21. The molecule has 0 aromatic heterocycles. The van der Waals surface area contributed by atoms with Crippen LogP contribution in [0.5, 0.6) is 11.5 Å². The zero-order valence-corrected chi connectivity index (χ0v) is 23.5. The van der Waals surface area contributed by atoms with E-state index in [1.54, 1.807) is 72.8 Å². The van der Waals surface area contributed by atoms with E-state index in [1.807, 2.05) is 0 Å². The van der Waals surface area contributed by atoms with Crippen molar-refractivity contribution in [1.29, 1.82) is 0 Å². The number of fused-ring (bicyclic) bond motifs is 1. The van der Waals surface area contributed by atoms with Crippen LogP contribution in [0, 0.1) is 5.82 Å². The molecular weight excluding hydrogens is 553 g/mol. The molecular formula is C33H28FN3O6. The Bertz CT molecular complexity index is 1670. The van der Waals surface area contributed by atoms with Crippen molar-refractivity contribution in [2.75, 3.05) is 31.0 Å². The van der Waals surface area contributed by atoms with Gasteiger partial charge >= 0.3 is 0 Å². The zero-order chi connectivity index (χ0) is 30.5. The first-order chi connectivity index (χ1) is 20.8. The van der Waals surface area contributed by atoms with Crippen LogP contribution in [0.15, 0.2) is 97.1 Å². The Morgan fingerprint density at radius 3 is 2.16 bits per heavy atom. The van der Waals surface area contributed by atoms with Gasteiger partial charge in [-0.1, -0.05) is 36.4 Å². The van der Waals surface area contributed by atoms with Crippen LogP contribution in [0.4, 0.5) is 15.8 Å². The molecule has 1 atom stereocenters. The molecule has 10 heteroatoms. The molecule has 0 bridgehead atoms. The first kappa shape index (κ1) is 29.0. The number of Topliss-reactive ketones (excluding diaryl/α,β-unsaturated/α-hetero) is 1. The molecule has 218 valence electrons. The largest absolute Gasteiger partial charge is 0.497 e. The molecule has 0 aliphatic carbocycles. The predicted molar refractivity (Wildman–Crippen MR) is 157 cm³/mol. The number of methoxy groups -OCH3 is 2. The lowest BCUT2D eigenvalue weighted by Crippen LogP contribution is -2.46. The minimum absolute atomic E-state index is 0.0718. The van der Waals surface area contributed by atoms with Crippen LogP contribution in [-0.4, -0.2) is 49.2 Å². The van der Waals surface area contributed by atoms with Crippen LogP contribution in [0.1, 0.15) is 27.5 Å². The normalized spacial score (nSPS) is 12.9. The van der Waals surface area contributed by atoms with Gasteiger partial charge in [0.05, 0.1) is 25.5 Å². The average molecular weight is 582 g/mol. The van der Waals surface area contributed by atoms with Crippen molar-refractivity contribution in [3.63, 3.8) is 0 Å². The third-order valence-corrected chi connectivity index (χ3v) is 7.09. The first-order valence-corrected chi connectivity index (χ1v) is 13.4. The van der Waals surface area contributed by atoms with E-state index >= 15 is 0 Å². The van der Waals surface area contributed by atoms with Crippen LogP contribution in [0.3, 0.4) is 0 Å². The van der Waals surface area contributed by atoms with Gasteiger partial charge in [0, 0.05) is 12.2 Å². The highest BCUT2D eigenvalue weighted by Gasteiger charge is 2.39. The van der Waals surface area contributed by atoms with E-state index in [4.69, 9.17) is 9.47 Å². The fourth-order valence-corrected chi connectivity index (χ4v) is 4.92. The molecule has 3 amide bonds. The van der Waals surface area contributed by atoms with Gasteiger partial charge in [-0.2, -0.15) is 0 Å². The van der Waals surface area contributed by atoms with Crippen LogP contribution in [0.25, 0.3) is 0 Å². The highest BCUT2D eigenvalue weighted by atomic mass is 19.1. The van der Waals surface area contributed by atoms with Crippen molar-refractivity contribution >= 4 is 34.9 Å². The van der Waals surface area contributed by atoms with Crippen molar-refractivity contribution in [3.8, 4) is 11.5 Å². The number of anilines is 2. The maximum absolute atomic E-state index is 14.5. The van der Waals surface area contributed by atoms with Gasteiger partial charge in [0.15, 0.2) is 0 Å². The quantitative estimate of drug-likeness (QED) is 0.270. The second kappa shape index (κ2) is 12.6. The van der Waals surface area contributed by atoms with Gasteiger partial charge in [-0.3, -0.25) is 24.1 Å². The third kappa shape index (κ3) is 6.23. The highest BCUT2D eigenvalue weighted by molar-refractivity contribution is 6.52. The number of para-hydroxylation sites is 1. The lowest BCUT2D eigenvalue weighted by Gasteiger charge is -2.33. The second-order valence-corrected chi connectivity index (χ2v) is 9.78. The summed E-state index contributed by atoms with van der Waals surface area (Å²) in [6.45, 7) is -0.586. The third-order valence-electron chi connectivity index (χ3n) is 7.09. The Labute approximate surface area is 247 Å². The number of carbonyl (C=O) groups is 4. The lowest BCUT2D eigenvalue weighted by molar-refractivity contribution is -0.139. The lowest BCUT2D eigenvalue weighted by atomic mass is 10.0. The molecule has 1 aliphatic heterocycles. The summed E-state index contributed by atoms with van der Waals surface area (Å²) in [5.41, 5.74) is 1.80. The van der Waals surface area contributed by atoms with Gasteiger partial charge in [0.1, 0.15) is 29.9 Å². The summed E-state index contributed by atoms with van der Waals surface area (Å²) < 4.78 is 24.9. The summed E-state index contributed by atoms with van der Waals surface area (Å²) in [4.78, 5) is 56.0. The Morgan fingerprint density at radius 2 is 1.51 bits per heavy atom. The molecule has 0 saturated carbocycles. The zero-order valence-electron chi connectivity index (χ0n) is 23.5. The fourth-order valence-electron chi connectivity index (χ4n) is 4.92. The van der Waals surface area contributed by atoms with Crippen molar-refractivity contribution in [2.24, 2.45) is 0 Å². The molecule has 1 unspecified atom stereocenters. The van der Waals surface area contributed by atoms with E-state index in [0.29, 0.717) is 28.4 Å². The SMILES string of the molecule is COc1ccc(CN(C(=O)CN2C(=O)C(=O)c3ccccc32)C(C(=O)Nc2ccc(OC)cc2)c2cccc(F)c2)cc1. The van der Waals surface area contributed by atoms with E-state index in [0.717, 1.165) is 4.90 Å². The minimum Gasteiger partial charge on any atom is -0.497 e. The topological polar surface area (TPSA) is 105 Å². The minimum atomic E-state index is -1.31. The van der Waals surface area contributed by atoms with E-state index in [-0.39, 0.29) is 17.7 Å². The number of ketones is 1. The van der Waals surface area contributed by atoms with Gasteiger partial charge in [-0.15, -0.1) is 0 Å². The molecule has 0 saturated heterocycles. The summed E-state index contributed by atoms with van der Waals surface area (Å²) in [7, 11) is 3.05. The molecule has 1 heterocycles. The number of benzene rings is 4. The van der Waals surface area contributed by atoms with Crippen LogP contribution < -0.4 is 19.7 Å². The number of rotatable bonds is 10. The first-order valence-electron chi connectivity index (χ1n) is 13.4. The maximum atomic E-state index is 14.5. The van der Waals surface area contributed by atoms with E-state index in [1.165, 1.54) is 43.4 Å². The molecule has 0 radical (unpaired) electrons. The summed E-state index contributed by atoms with van der Waals surface area (Å²) in [6, 6.07) is 24.0. The molecule has 43 heavy (non-hydrogen) atoms. The number of carbonyl (C=O) groups excluding carboxylic acids is 4. The van der Waals surface area contributed by atoms with Gasteiger partial charge < -0.3 is 19.7 Å². The maximum Gasteiger partial charge on any atom is 0.299 e. The Kier molecular flexibility index (Phi) is 8.47. The number of hydrogen-bond acceptors (Lipinski definition) is 6. The smallest absolute Gasteiger partial charge is 0.299 e. The molecule has 4 aromatic carbocycles. The molecule has 5 rings (SSSR count). The van der Waals surface area contributed by atoms with Crippen LogP contribution in [0.2, 0.25) is 0 Å². The summed E-state index contributed by atoms with van der Waals surface area (Å²) in [5, 5.41) is 2.81. The molecule has 1 aliphatic rings. The average Bonchev–Trinajstić information content (AvgIpc) is 3.26. The van der Waals surface area contributed by atoms with Crippen molar-refractivity contribution in [3.05, 3.63) is 120 Å². The van der Waals surface area contributed by atoms with Gasteiger partial charge in [0.2, 0.25) is 5.91 Å². The van der Waals surface area contributed by atoms with Crippen LogP contribution >= 0.6 is 0 Å². The Balaban J connectivity index is 1.54. The molecule has 4 aromatic rings. The number of ether oxygens (including phenoxy) is 2. The number of nitrogens with zero attached hydrogens (tertiary/aromatic N) is 2. The molecule has 0 spiro atoms. The fraction of sp³-hybridized carbons (Fsp3) is 0.152. The van der Waals surface area contributed by atoms with Gasteiger partial charge in [-0.05, 0) is 71.8 Å². The summed E-state index contributed by atoms with van der Waals surface area (Å²) >= 11 is 0. The Morgan fingerprint density at radius 1 is 0.860 bits per heavy atom. The summed E-state index contributed by atoms with van der Waals surface area (Å²) in [6.07, 6.45) is 0. The van der Waals surface area contributed by atoms with E-state index in [9.17, 15) is 23.6 Å². The van der Waals surface area contributed by atoms with Crippen LogP contribution in [-0.2, 0) is 20.9 Å². The van der Waals surface area contributed by atoms with Crippen molar-refractivity contribution in [2.45, 2.75) is 12.6 Å². The van der Waals surface area contributed by atoms with Gasteiger partial charge in [-0.25, -0.2) is 4.39 Å². The molecule has 9 nitrogen and oxygen atoms in total. The number of nitrogens with one attached hydrogen (secondary N) is 1. The predicted octanol–water partition coefficient (Wildman–Crippen LogP) is 4.78. The molecule has 1 N–H and O–H groups in total. The highest BCUT2D eigenvalue weighted by Crippen LogP contribution is 2.31. The van der Waals surface area contributed by atoms with Crippen molar-refractivity contribution in [1.82, 2.24) is 4.90 Å². The van der Waals surface area contributed by atoms with E-state index < -0.39 is 41.9 Å². The standard InChI is InChI=1S/C33H28FN3O6/c1-42-25-14-10-21(11-15-25)19-37(29(38)20-36-28-9-4-3-8-27(28)31(39)33(36)41)30(22-6-5-7-23(34)18-22)32(40)35-24-12-16-26(43-2)17-13-24/h3-18,30H,19-20H2,1-2H3,(H,35,40). The van der Waals surface area contributed by atoms with Gasteiger partial charge in [0.25, 0.3) is 17.6 Å². The number of halogens is 1. The number of amides is 3. The second-order valence-electron chi connectivity index (χ2n) is 9.78. The Hall–Kier alpha value is -5.51. The van der Waals surface area contributed by atoms with Crippen molar-refractivity contribution < 1.29 is 33.0 Å². The number of hydrogen-bond donors (Lipinski definition) is 1.